The second kappa shape index (κ2) is 7.84. The minimum atomic E-state index is -0.562. The molecule has 16 heavy (non-hydrogen) atoms. The van der Waals surface area contributed by atoms with Crippen molar-refractivity contribution < 1.29 is 10.0 Å². The summed E-state index contributed by atoms with van der Waals surface area (Å²) in [5, 5.41) is 15.4. The highest BCUT2D eigenvalue weighted by molar-refractivity contribution is 8.14. The molecular formula is C10H20N2O2S2. The Hall–Kier alpha value is -0.360. The van der Waals surface area contributed by atoms with Crippen LogP contribution in [0.4, 0.5) is 0 Å². The molecule has 0 fully saturated rings. The van der Waals surface area contributed by atoms with Crippen LogP contribution in [0.15, 0.2) is 5.16 Å². The van der Waals surface area contributed by atoms with Crippen LogP contribution in [-0.4, -0.2) is 39.5 Å². The second-order valence-electron chi connectivity index (χ2n) is 3.35. The number of nitrogens with zero attached hydrogens (tertiary/aromatic N) is 1. The van der Waals surface area contributed by atoms with Gasteiger partial charge >= 0.3 is 0 Å². The molecule has 0 spiro atoms. The molecule has 0 aliphatic carbocycles. The van der Waals surface area contributed by atoms with E-state index < -0.39 is 4.75 Å². The Morgan fingerprint density at radius 2 is 2.06 bits per heavy atom. The van der Waals surface area contributed by atoms with Gasteiger partial charge in [-0.3, -0.25) is 4.79 Å². The number of rotatable bonds is 6. The standard InChI is InChI=1S/C10H20N2O2S2/c1-5-15-8(12-14)7-10(3,16-6-2)9(13)11-4/h14H,5-7H2,1-4H3,(H,11,13). The molecular weight excluding hydrogens is 244 g/mol. The lowest BCUT2D eigenvalue weighted by Crippen LogP contribution is -2.41. The molecule has 1 unspecified atom stereocenters. The first kappa shape index (κ1) is 15.6. The summed E-state index contributed by atoms with van der Waals surface area (Å²) >= 11 is 3.03. The van der Waals surface area contributed by atoms with Crippen molar-refractivity contribution in [2.75, 3.05) is 18.6 Å². The van der Waals surface area contributed by atoms with Crippen LogP contribution in [0.1, 0.15) is 27.2 Å². The zero-order chi connectivity index (χ0) is 12.6. The Morgan fingerprint density at radius 1 is 1.44 bits per heavy atom. The Labute approximate surface area is 106 Å². The normalized spacial score (nSPS) is 15.6. The van der Waals surface area contributed by atoms with E-state index in [0.29, 0.717) is 11.5 Å². The van der Waals surface area contributed by atoms with Crippen molar-refractivity contribution in [1.82, 2.24) is 5.32 Å². The van der Waals surface area contributed by atoms with Crippen LogP contribution >= 0.6 is 23.5 Å². The van der Waals surface area contributed by atoms with E-state index in [1.807, 2.05) is 20.8 Å². The van der Waals surface area contributed by atoms with E-state index in [-0.39, 0.29) is 5.91 Å². The van der Waals surface area contributed by atoms with E-state index in [1.165, 1.54) is 11.8 Å². The maximum absolute atomic E-state index is 11.8. The van der Waals surface area contributed by atoms with Crippen molar-refractivity contribution in [2.24, 2.45) is 5.16 Å². The summed E-state index contributed by atoms with van der Waals surface area (Å²) in [6, 6.07) is 0. The fourth-order valence-electron chi connectivity index (χ4n) is 1.35. The molecule has 1 atom stereocenters. The Morgan fingerprint density at radius 3 is 2.44 bits per heavy atom. The lowest BCUT2D eigenvalue weighted by atomic mass is 10.1. The lowest BCUT2D eigenvalue weighted by Gasteiger charge is -2.26. The van der Waals surface area contributed by atoms with Crippen molar-refractivity contribution in [2.45, 2.75) is 31.9 Å². The number of carbonyl (C=O) groups excluding carboxylic acids is 1. The van der Waals surface area contributed by atoms with Crippen LogP contribution in [0.3, 0.4) is 0 Å². The van der Waals surface area contributed by atoms with Crippen LogP contribution in [-0.2, 0) is 4.79 Å². The van der Waals surface area contributed by atoms with Crippen LogP contribution in [0.25, 0.3) is 0 Å². The summed E-state index contributed by atoms with van der Waals surface area (Å²) in [5.41, 5.74) is 0. The molecule has 0 heterocycles. The summed E-state index contributed by atoms with van der Waals surface area (Å²) < 4.78 is -0.562. The fourth-order valence-corrected chi connectivity index (χ4v) is 3.33. The zero-order valence-corrected chi connectivity index (χ0v) is 11.9. The topological polar surface area (TPSA) is 61.7 Å². The predicted octanol–water partition coefficient (Wildman–Crippen LogP) is 2.18. The third kappa shape index (κ3) is 4.65. The quantitative estimate of drug-likeness (QED) is 0.334. The molecule has 0 radical (unpaired) electrons. The van der Waals surface area contributed by atoms with Crippen molar-refractivity contribution in [1.29, 1.82) is 0 Å². The molecule has 6 heteroatoms. The van der Waals surface area contributed by atoms with Crippen LogP contribution in [0.2, 0.25) is 0 Å². The zero-order valence-electron chi connectivity index (χ0n) is 10.2. The van der Waals surface area contributed by atoms with E-state index in [4.69, 9.17) is 5.21 Å². The number of amides is 1. The molecule has 0 aromatic carbocycles. The van der Waals surface area contributed by atoms with Crippen molar-refractivity contribution in [3.8, 4) is 0 Å². The fraction of sp³-hybridized carbons (Fsp3) is 0.800. The molecule has 0 rings (SSSR count). The third-order valence-electron chi connectivity index (χ3n) is 2.08. The van der Waals surface area contributed by atoms with Crippen molar-refractivity contribution in [3.05, 3.63) is 0 Å². The second-order valence-corrected chi connectivity index (χ2v) is 6.45. The van der Waals surface area contributed by atoms with Gasteiger partial charge in [0.2, 0.25) is 5.91 Å². The molecule has 0 saturated heterocycles. The number of hydrogen-bond acceptors (Lipinski definition) is 5. The first-order chi connectivity index (χ1) is 7.53. The molecule has 4 nitrogen and oxygen atoms in total. The van der Waals surface area contributed by atoms with Gasteiger partial charge in [0.15, 0.2) is 0 Å². The molecule has 0 bridgehead atoms. The molecule has 2 N–H and O–H groups in total. The highest BCUT2D eigenvalue weighted by Gasteiger charge is 2.34. The van der Waals surface area contributed by atoms with Gasteiger partial charge in [-0.1, -0.05) is 19.0 Å². The molecule has 0 aromatic rings. The third-order valence-corrected chi connectivity index (χ3v) is 4.18. The molecule has 0 aliphatic rings. The number of nitrogens with one attached hydrogen (secondary N) is 1. The van der Waals surface area contributed by atoms with Crippen LogP contribution < -0.4 is 5.32 Å². The summed E-state index contributed by atoms with van der Waals surface area (Å²) in [4.78, 5) is 11.8. The lowest BCUT2D eigenvalue weighted by molar-refractivity contribution is -0.122. The first-order valence-corrected chi connectivity index (χ1v) is 7.21. The summed E-state index contributed by atoms with van der Waals surface area (Å²) in [6.45, 7) is 5.87. The van der Waals surface area contributed by atoms with Crippen molar-refractivity contribution >= 4 is 34.5 Å². The maximum atomic E-state index is 11.8. The van der Waals surface area contributed by atoms with Gasteiger partial charge < -0.3 is 10.5 Å². The van der Waals surface area contributed by atoms with Gasteiger partial charge in [0.1, 0.15) is 5.04 Å². The number of thioether (sulfide) groups is 2. The summed E-state index contributed by atoms with van der Waals surface area (Å²) in [6.07, 6.45) is 0.459. The van der Waals surface area contributed by atoms with E-state index in [9.17, 15) is 4.79 Å². The van der Waals surface area contributed by atoms with Gasteiger partial charge in [0.25, 0.3) is 0 Å². The summed E-state index contributed by atoms with van der Waals surface area (Å²) in [5.74, 6) is 1.65. The number of carbonyl (C=O) groups is 1. The SMILES string of the molecule is CCSC(CC(C)(SCC)C(=O)NC)=NO. The monoisotopic (exact) mass is 264 g/mol. The Bertz CT molecular complexity index is 259. The van der Waals surface area contributed by atoms with Gasteiger partial charge in [0, 0.05) is 13.5 Å². The summed E-state index contributed by atoms with van der Waals surface area (Å²) in [7, 11) is 1.62. The highest BCUT2D eigenvalue weighted by atomic mass is 32.2. The molecule has 0 aromatic heterocycles. The first-order valence-electron chi connectivity index (χ1n) is 5.23. The minimum Gasteiger partial charge on any atom is -0.410 e. The van der Waals surface area contributed by atoms with E-state index in [0.717, 1.165) is 11.5 Å². The van der Waals surface area contributed by atoms with E-state index >= 15 is 0 Å². The molecule has 94 valence electrons. The number of oxime groups is 1. The van der Waals surface area contributed by atoms with Gasteiger partial charge in [-0.15, -0.1) is 23.5 Å². The van der Waals surface area contributed by atoms with E-state index in [1.54, 1.807) is 18.8 Å². The van der Waals surface area contributed by atoms with Gasteiger partial charge in [-0.05, 0) is 18.4 Å². The largest absolute Gasteiger partial charge is 0.410 e. The average molecular weight is 264 g/mol. The average Bonchev–Trinajstić information content (AvgIpc) is 2.27. The Balaban J connectivity index is 4.71. The van der Waals surface area contributed by atoms with Crippen LogP contribution in [0.5, 0.6) is 0 Å². The van der Waals surface area contributed by atoms with Gasteiger partial charge in [-0.2, -0.15) is 0 Å². The van der Waals surface area contributed by atoms with Crippen LogP contribution in [0, 0.1) is 0 Å². The van der Waals surface area contributed by atoms with Gasteiger partial charge in [0.05, 0.1) is 4.75 Å². The molecule has 1 amide bonds. The Kier molecular flexibility index (Phi) is 7.66. The number of hydrogen-bond donors (Lipinski definition) is 2. The highest BCUT2D eigenvalue weighted by Crippen LogP contribution is 2.31. The minimum absolute atomic E-state index is 0.0304. The van der Waals surface area contributed by atoms with Crippen molar-refractivity contribution in [3.63, 3.8) is 0 Å². The van der Waals surface area contributed by atoms with Gasteiger partial charge in [-0.25, -0.2) is 0 Å². The predicted molar refractivity (Wildman–Crippen MR) is 72.6 cm³/mol. The smallest absolute Gasteiger partial charge is 0.236 e. The maximum Gasteiger partial charge on any atom is 0.236 e. The molecule has 0 saturated carbocycles. The molecule has 0 aliphatic heterocycles. The van der Waals surface area contributed by atoms with E-state index in [2.05, 4.69) is 10.5 Å².